The normalized spacial score (nSPS) is 17.8. The molecule has 2 N–H and O–H groups in total. The number of non-ortho nitro benzene ring substituents is 1. The topological polar surface area (TPSA) is 134 Å². The van der Waals surface area contributed by atoms with Crippen LogP contribution in [0.5, 0.6) is 5.75 Å². The minimum atomic E-state index is -0.982. The van der Waals surface area contributed by atoms with E-state index in [0.717, 1.165) is 6.07 Å². The number of hydrogen-bond acceptors (Lipinski definition) is 7. The molecule has 2 aromatic carbocycles. The van der Waals surface area contributed by atoms with Crippen LogP contribution in [0.1, 0.15) is 22.9 Å². The van der Waals surface area contributed by atoms with E-state index >= 15 is 0 Å². The smallest absolute Gasteiger partial charge is 0.296 e. The number of rotatable bonds is 5. The standard InChI is InChI=1S/C22H16N2O7/c25-16-8-6-13(7-9-16)19-18(20(26)14-3-1-4-15(11-14)24(29)30)21(27)22(28)23(19)12-17-5-2-10-31-17/h1-11,19,25-26H,12H2/t19-/m1/s1. The molecule has 1 amide bonds. The highest BCUT2D eigenvalue weighted by atomic mass is 16.6. The summed E-state index contributed by atoms with van der Waals surface area (Å²) in [5.74, 6) is -1.87. The third-order valence-electron chi connectivity index (χ3n) is 4.99. The van der Waals surface area contributed by atoms with Crippen LogP contribution < -0.4 is 0 Å². The van der Waals surface area contributed by atoms with Crippen molar-refractivity contribution < 1.29 is 29.1 Å². The number of phenols is 1. The fourth-order valence-electron chi connectivity index (χ4n) is 3.54. The molecule has 2 heterocycles. The van der Waals surface area contributed by atoms with Crippen LogP contribution in [0, 0.1) is 10.1 Å². The number of hydrogen-bond donors (Lipinski definition) is 2. The molecule has 1 fully saturated rings. The highest BCUT2D eigenvalue weighted by Crippen LogP contribution is 2.40. The Morgan fingerprint density at radius 1 is 1.10 bits per heavy atom. The summed E-state index contributed by atoms with van der Waals surface area (Å²) in [4.78, 5) is 37.5. The number of nitro groups is 1. The van der Waals surface area contributed by atoms with Crippen LogP contribution in [0.4, 0.5) is 5.69 Å². The number of aliphatic hydroxyl groups excluding tert-OH is 1. The predicted molar refractivity (Wildman–Crippen MR) is 108 cm³/mol. The van der Waals surface area contributed by atoms with Gasteiger partial charge in [-0.25, -0.2) is 0 Å². The predicted octanol–water partition coefficient (Wildman–Crippen LogP) is 3.52. The lowest BCUT2D eigenvalue weighted by atomic mass is 9.95. The summed E-state index contributed by atoms with van der Waals surface area (Å²) in [6, 6.07) is 13.3. The summed E-state index contributed by atoms with van der Waals surface area (Å²) in [5, 5.41) is 31.7. The molecule has 156 valence electrons. The number of likely N-dealkylation sites (tertiary alicyclic amines) is 1. The van der Waals surface area contributed by atoms with Crippen molar-refractivity contribution in [1.82, 2.24) is 4.90 Å². The molecule has 1 atom stereocenters. The average molecular weight is 420 g/mol. The van der Waals surface area contributed by atoms with Gasteiger partial charge in [0.15, 0.2) is 0 Å². The average Bonchev–Trinajstić information content (AvgIpc) is 3.36. The molecule has 3 aromatic rings. The molecule has 1 aliphatic rings. The Morgan fingerprint density at radius 3 is 2.48 bits per heavy atom. The van der Waals surface area contributed by atoms with E-state index in [0.29, 0.717) is 11.3 Å². The Hall–Kier alpha value is -4.40. The first-order chi connectivity index (χ1) is 14.9. The van der Waals surface area contributed by atoms with Crippen LogP contribution in [0.15, 0.2) is 76.9 Å². The quantitative estimate of drug-likeness (QED) is 0.212. The molecule has 1 aromatic heterocycles. The number of carbonyl (C=O) groups excluding carboxylic acids is 2. The van der Waals surface area contributed by atoms with E-state index < -0.39 is 28.4 Å². The lowest BCUT2D eigenvalue weighted by Crippen LogP contribution is -2.29. The van der Waals surface area contributed by atoms with Crippen molar-refractivity contribution in [2.75, 3.05) is 0 Å². The van der Waals surface area contributed by atoms with Gasteiger partial charge in [0, 0.05) is 17.7 Å². The third-order valence-corrected chi connectivity index (χ3v) is 4.99. The summed E-state index contributed by atoms with van der Waals surface area (Å²) in [6.45, 7) is -0.0329. The van der Waals surface area contributed by atoms with E-state index in [2.05, 4.69) is 0 Å². The molecule has 0 unspecified atom stereocenters. The monoisotopic (exact) mass is 420 g/mol. The zero-order valence-electron chi connectivity index (χ0n) is 16.0. The van der Waals surface area contributed by atoms with Crippen LogP contribution in [0.2, 0.25) is 0 Å². The van der Waals surface area contributed by atoms with Gasteiger partial charge in [-0.3, -0.25) is 19.7 Å². The van der Waals surface area contributed by atoms with Gasteiger partial charge in [0.1, 0.15) is 17.3 Å². The van der Waals surface area contributed by atoms with Gasteiger partial charge in [0.2, 0.25) is 0 Å². The molecule has 4 rings (SSSR count). The molecule has 0 radical (unpaired) electrons. The molecular formula is C22H16N2O7. The maximum atomic E-state index is 12.9. The van der Waals surface area contributed by atoms with Gasteiger partial charge in [-0.1, -0.05) is 24.3 Å². The zero-order valence-corrected chi connectivity index (χ0v) is 16.0. The Labute approximate surface area is 175 Å². The fourth-order valence-corrected chi connectivity index (χ4v) is 3.54. The van der Waals surface area contributed by atoms with E-state index in [1.165, 1.54) is 53.6 Å². The van der Waals surface area contributed by atoms with E-state index in [1.807, 2.05) is 0 Å². The van der Waals surface area contributed by atoms with Crippen molar-refractivity contribution in [2.45, 2.75) is 12.6 Å². The second-order valence-electron chi connectivity index (χ2n) is 6.91. The van der Waals surface area contributed by atoms with E-state index in [-0.39, 0.29) is 29.1 Å². The van der Waals surface area contributed by atoms with E-state index in [9.17, 15) is 29.9 Å². The molecule has 1 saturated heterocycles. The first-order valence-corrected chi connectivity index (χ1v) is 9.21. The number of nitrogens with zero attached hydrogens (tertiary/aromatic N) is 2. The van der Waals surface area contributed by atoms with Crippen LogP contribution in [0.3, 0.4) is 0 Å². The molecular weight excluding hydrogens is 404 g/mol. The van der Waals surface area contributed by atoms with Gasteiger partial charge in [-0.15, -0.1) is 0 Å². The summed E-state index contributed by atoms with van der Waals surface area (Å²) in [6.07, 6.45) is 1.44. The largest absolute Gasteiger partial charge is 0.508 e. The Morgan fingerprint density at radius 2 is 1.84 bits per heavy atom. The van der Waals surface area contributed by atoms with E-state index in [4.69, 9.17) is 4.42 Å². The molecule has 0 spiro atoms. The minimum Gasteiger partial charge on any atom is -0.508 e. The second kappa shape index (κ2) is 7.79. The number of ketones is 1. The lowest BCUT2D eigenvalue weighted by molar-refractivity contribution is -0.384. The Balaban J connectivity index is 1.87. The van der Waals surface area contributed by atoms with Crippen molar-refractivity contribution in [3.63, 3.8) is 0 Å². The number of Topliss-reactive ketones (excluding diaryl/α,β-unsaturated/α-hetero) is 1. The van der Waals surface area contributed by atoms with Gasteiger partial charge in [0.25, 0.3) is 17.4 Å². The SMILES string of the molecule is O=C1C(=O)N(Cc2ccco2)[C@H](c2ccc(O)cc2)C1=C(O)c1cccc([N+](=O)[O-])c1. The fraction of sp³-hybridized carbons (Fsp3) is 0.0909. The van der Waals surface area contributed by atoms with Gasteiger partial charge < -0.3 is 19.5 Å². The van der Waals surface area contributed by atoms with Crippen LogP contribution in [-0.4, -0.2) is 31.7 Å². The van der Waals surface area contributed by atoms with Crippen molar-refractivity contribution in [1.29, 1.82) is 0 Å². The number of nitro benzene ring substituents is 1. The first-order valence-electron chi connectivity index (χ1n) is 9.21. The second-order valence-corrected chi connectivity index (χ2v) is 6.91. The van der Waals surface area contributed by atoms with Gasteiger partial charge in [-0.05, 0) is 29.8 Å². The number of benzene rings is 2. The number of carbonyl (C=O) groups is 2. The molecule has 9 heteroatoms. The molecule has 0 bridgehead atoms. The highest BCUT2D eigenvalue weighted by molar-refractivity contribution is 6.46. The molecule has 0 aliphatic carbocycles. The maximum Gasteiger partial charge on any atom is 0.296 e. The molecule has 9 nitrogen and oxygen atoms in total. The molecule has 1 aliphatic heterocycles. The zero-order chi connectivity index (χ0) is 22.1. The number of amides is 1. The van der Waals surface area contributed by atoms with Crippen molar-refractivity contribution in [3.8, 4) is 5.75 Å². The lowest BCUT2D eigenvalue weighted by Gasteiger charge is -2.24. The van der Waals surface area contributed by atoms with Gasteiger partial charge in [0.05, 0.1) is 29.3 Å². The number of furan rings is 1. The molecule has 31 heavy (non-hydrogen) atoms. The summed E-state index contributed by atoms with van der Waals surface area (Å²) in [7, 11) is 0. The number of aliphatic hydroxyl groups is 1. The summed E-state index contributed by atoms with van der Waals surface area (Å²) < 4.78 is 5.31. The van der Waals surface area contributed by atoms with Gasteiger partial charge in [-0.2, -0.15) is 0 Å². The molecule has 0 saturated carbocycles. The Kier molecular flexibility index (Phi) is 5.00. The highest BCUT2D eigenvalue weighted by Gasteiger charge is 2.46. The van der Waals surface area contributed by atoms with Gasteiger partial charge >= 0.3 is 0 Å². The van der Waals surface area contributed by atoms with Crippen LogP contribution >= 0.6 is 0 Å². The third kappa shape index (κ3) is 3.64. The van der Waals surface area contributed by atoms with Crippen LogP contribution in [0.25, 0.3) is 5.76 Å². The number of phenolic OH excluding ortho intramolecular Hbond substituents is 1. The Bertz CT molecular complexity index is 1200. The first kappa shape index (κ1) is 19.9. The van der Waals surface area contributed by atoms with Crippen molar-refractivity contribution >= 4 is 23.1 Å². The van der Waals surface area contributed by atoms with Crippen molar-refractivity contribution in [2.24, 2.45) is 0 Å². The summed E-state index contributed by atoms with van der Waals surface area (Å²) >= 11 is 0. The van der Waals surface area contributed by atoms with Crippen LogP contribution in [-0.2, 0) is 16.1 Å². The maximum absolute atomic E-state index is 12.9. The minimum absolute atomic E-state index is 0.00887. The van der Waals surface area contributed by atoms with E-state index in [1.54, 1.807) is 12.1 Å². The summed E-state index contributed by atoms with van der Waals surface area (Å²) in [5.41, 5.74) is 0.0299. The van der Waals surface area contributed by atoms with Crippen molar-refractivity contribution in [3.05, 3.63) is 99.5 Å². The number of aromatic hydroxyl groups is 1.